The maximum absolute atomic E-state index is 10.9. The second kappa shape index (κ2) is 6.42. The zero-order chi connectivity index (χ0) is 16.3. The van der Waals surface area contributed by atoms with E-state index >= 15 is 0 Å². The van der Waals surface area contributed by atoms with E-state index in [2.05, 4.69) is 0 Å². The van der Waals surface area contributed by atoms with Crippen LogP contribution in [0.15, 0.2) is 54.6 Å². The summed E-state index contributed by atoms with van der Waals surface area (Å²) >= 11 is 0. The molecule has 2 N–H and O–H groups in total. The third-order valence-electron chi connectivity index (χ3n) is 4.48. The van der Waals surface area contributed by atoms with Gasteiger partial charge in [-0.15, -0.1) is 0 Å². The molecule has 1 aliphatic rings. The number of aliphatic carboxylic acids is 1. The zero-order valence-corrected chi connectivity index (χ0v) is 12.8. The second-order valence-corrected chi connectivity index (χ2v) is 6.11. The molecule has 2 aromatic carbocycles. The molecular weight excluding hydrogens is 292 g/mol. The van der Waals surface area contributed by atoms with Crippen LogP contribution in [0.4, 0.5) is 0 Å². The van der Waals surface area contributed by atoms with E-state index in [1.165, 1.54) is 0 Å². The normalized spacial score (nSPS) is 23.1. The van der Waals surface area contributed by atoms with Gasteiger partial charge in [0.15, 0.2) is 0 Å². The van der Waals surface area contributed by atoms with E-state index in [0.29, 0.717) is 13.0 Å². The van der Waals surface area contributed by atoms with Crippen molar-refractivity contribution in [3.63, 3.8) is 0 Å². The molecule has 0 aromatic heterocycles. The number of benzene rings is 2. The minimum absolute atomic E-state index is 0.140. The maximum Gasteiger partial charge on any atom is 0.306 e. The molecule has 1 saturated carbocycles. The van der Waals surface area contributed by atoms with Crippen molar-refractivity contribution in [3.05, 3.63) is 65.7 Å². The van der Waals surface area contributed by atoms with Crippen molar-refractivity contribution in [2.24, 2.45) is 0 Å². The number of hydrogen-bond donors (Lipinski definition) is 2. The molecule has 2 atom stereocenters. The fourth-order valence-electron chi connectivity index (χ4n) is 3.13. The lowest BCUT2D eigenvalue weighted by molar-refractivity contribution is -0.148. The number of hydrogen-bond acceptors (Lipinski definition) is 3. The molecule has 3 rings (SSSR count). The van der Waals surface area contributed by atoms with Crippen molar-refractivity contribution in [1.82, 2.24) is 0 Å². The van der Waals surface area contributed by atoms with Gasteiger partial charge in [0.2, 0.25) is 0 Å². The Morgan fingerprint density at radius 3 is 2.61 bits per heavy atom. The van der Waals surface area contributed by atoms with Gasteiger partial charge in [-0.05, 0) is 36.1 Å². The van der Waals surface area contributed by atoms with E-state index in [1.807, 2.05) is 54.6 Å². The second-order valence-electron chi connectivity index (χ2n) is 6.11. The van der Waals surface area contributed by atoms with Crippen LogP contribution < -0.4 is 4.74 Å². The van der Waals surface area contributed by atoms with E-state index in [4.69, 9.17) is 9.84 Å². The van der Waals surface area contributed by atoms with Crippen LogP contribution in [-0.2, 0) is 11.4 Å². The summed E-state index contributed by atoms with van der Waals surface area (Å²) in [5, 5.41) is 19.4. The van der Waals surface area contributed by atoms with Gasteiger partial charge in [-0.3, -0.25) is 4.79 Å². The van der Waals surface area contributed by atoms with Crippen LogP contribution >= 0.6 is 0 Å². The van der Waals surface area contributed by atoms with Gasteiger partial charge in [-0.25, -0.2) is 0 Å². The highest BCUT2D eigenvalue weighted by Gasteiger charge is 2.47. The van der Waals surface area contributed by atoms with Crippen molar-refractivity contribution in [2.45, 2.75) is 37.4 Å². The minimum Gasteiger partial charge on any atom is -0.489 e. The average Bonchev–Trinajstić information content (AvgIpc) is 2.53. The molecule has 120 valence electrons. The van der Waals surface area contributed by atoms with Crippen LogP contribution in [0.1, 0.15) is 36.3 Å². The Morgan fingerprint density at radius 1 is 1.17 bits per heavy atom. The topological polar surface area (TPSA) is 66.8 Å². The number of carbonyl (C=O) groups is 1. The molecule has 4 heteroatoms. The van der Waals surface area contributed by atoms with Gasteiger partial charge in [0, 0.05) is 5.92 Å². The van der Waals surface area contributed by atoms with Gasteiger partial charge in [-0.1, -0.05) is 42.5 Å². The SMILES string of the molecule is O=C(O)CC1(O)CCC1c1cccc(OCc2ccccc2)c1. The molecule has 23 heavy (non-hydrogen) atoms. The van der Waals surface area contributed by atoms with Crippen LogP contribution in [0.25, 0.3) is 0 Å². The first-order valence-corrected chi connectivity index (χ1v) is 7.78. The molecule has 0 amide bonds. The summed E-state index contributed by atoms with van der Waals surface area (Å²) in [6, 6.07) is 17.5. The van der Waals surface area contributed by atoms with Gasteiger partial charge in [0.1, 0.15) is 12.4 Å². The van der Waals surface area contributed by atoms with Gasteiger partial charge < -0.3 is 14.9 Å². The average molecular weight is 312 g/mol. The predicted molar refractivity (Wildman–Crippen MR) is 86.4 cm³/mol. The summed E-state index contributed by atoms with van der Waals surface area (Å²) in [6.07, 6.45) is 1.11. The van der Waals surface area contributed by atoms with Crippen LogP contribution in [0.5, 0.6) is 5.75 Å². The molecule has 2 aromatic rings. The first-order valence-electron chi connectivity index (χ1n) is 7.78. The lowest BCUT2D eigenvalue weighted by Gasteiger charge is -2.45. The number of ether oxygens (including phenoxy) is 1. The third kappa shape index (κ3) is 3.54. The third-order valence-corrected chi connectivity index (χ3v) is 4.48. The molecule has 0 radical (unpaired) electrons. The van der Waals surface area contributed by atoms with Crippen molar-refractivity contribution in [1.29, 1.82) is 0 Å². The number of aliphatic hydroxyl groups is 1. The highest BCUT2D eigenvalue weighted by molar-refractivity contribution is 5.68. The van der Waals surface area contributed by atoms with E-state index in [1.54, 1.807) is 0 Å². The smallest absolute Gasteiger partial charge is 0.306 e. The molecule has 0 aliphatic heterocycles. The molecular formula is C19H20O4. The van der Waals surface area contributed by atoms with Crippen molar-refractivity contribution < 1.29 is 19.7 Å². The predicted octanol–water partition coefficient (Wildman–Crippen LogP) is 3.35. The standard InChI is InChI=1S/C19H20O4/c20-18(21)12-19(22)10-9-17(19)15-7-4-8-16(11-15)23-13-14-5-2-1-3-6-14/h1-8,11,17,22H,9-10,12-13H2,(H,20,21). The fourth-order valence-corrected chi connectivity index (χ4v) is 3.13. The van der Waals surface area contributed by atoms with Crippen molar-refractivity contribution >= 4 is 5.97 Å². The molecule has 2 unspecified atom stereocenters. The number of carboxylic acids is 1. The lowest BCUT2D eigenvalue weighted by Crippen LogP contribution is -2.46. The zero-order valence-electron chi connectivity index (χ0n) is 12.8. The van der Waals surface area contributed by atoms with Gasteiger partial charge >= 0.3 is 5.97 Å². The van der Waals surface area contributed by atoms with Crippen LogP contribution in [0, 0.1) is 0 Å². The Labute approximate surface area is 135 Å². The summed E-state index contributed by atoms with van der Waals surface area (Å²) in [4.78, 5) is 10.9. The van der Waals surface area contributed by atoms with Crippen LogP contribution in [0.3, 0.4) is 0 Å². The number of rotatable bonds is 6. The monoisotopic (exact) mass is 312 g/mol. The summed E-state index contributed by atoms with van der Waals surface area (Å²) < 4.78 is 5.80. The molecule has 0 bridgehead atoms. The molecule has 1 fully saturated rings. The van der Waals surface area contributed by atoms with Gasteiger partial charge in [-0.2, -0.15) is 0 Å². The summed E-state index contributed by atoms with van der Waals surface area (Å²) in [7, 11) is 0. The summed E-state index contributed by atoms with van der Waals surface area (Å²) in [5.41, 5.74) is 0.888. The van der Waals surface area contributed by atoms with E-state index in [9.17, 15) is 9.90 Å². The Morgan fingerprint density at radius 2 is 1.96 bits per heavy atom. The molecule has 0 heterocycles. The van der Waals surface area contributed by atoms with E-state index in [-0.39, 0.29) is 12.3 Å². The molecule has 0 saturated heterocycles. The van der Waals surface area contributed by atoms with Crippen molar-refractivity contribution in [3.8, 4) is 5.75 Å². The Hall–Kier alpha value is -2.33. The summed E-state index contributed by atoms with van der Waals surface area (Å²) in [5.74, 6) is -0.372. The first kappa shape index (κ1) is 15.6. The molecule has 1 aliphatic carbocycles. The van der Waals surface area contributed by atoms with Crippen LogP contribution in [0.2, 0.25) is 0 Å². The first-order chi connectivity index (χ1) is 11.1. The van der Waals surface area contributed by atoms with Gasteiger partial charge in [0.25, 0.3) is 0 Å². The number of carboxylic acid groups (broad SMARTS) is 1. The van der Waals surface area contributed by atoms with Crippen molar-refractivity contribution in [2.75, 3.05) is 0 Å². The van der Waals surface area contributed by atoms with Gasteiger partial charge in [0.05, 0.1) is 12.0 Å². The van der Waals surface area contributed by atoms with Crippen LogP contribution in [-0.4, -0.2) is 21.8 Å². The Bertz CT molecular complexity index is 683. The molecule has 4 nitrogen and oxygen atoms in total. The molecule has 0 spiro atoms. The fraction of sp³-hybridized carbons (Fsp3) is 0.316. The van der Waals surface area contributed by atoms with E-state index < -0.39 is 11.6 Å². The Kier molecular flexibility index (Phi) is 4.35. The lowest BCUT2D eigenvalue weighted by atomic mass is 9.64. The Balaban J connectivity index is 1.69. The maximum atomic E-state index is 10.9. The highest BCUT2D eigenvalue weighted by atomic mass is 16.5. The quantitative estimate of drug-likeness (QED) is 0.858. The van der Waals surface area contributed by atoms with E-state index in [0.717, 1.165) is 23.3 Å². The largest absolute Gasteiger partial charge is 0.489 e. The minimum atomic E-state index is -1.14. The summed E-state index contributed by atoms with van der Waals surface area (Å²) in [6.45, 7) is 0.481. The highest BCUT2D eigenvalue weighted by Crippen LogP contribution is 2.48.